The van der Waals surface area contributed by atoms with E-state index in [-0.39, 0.29) is 0 Å². The Morgan fingerprint density at radius 1 is 1.50 bits per heavy atom. The zero-order valence-corrected chi connectivity index (χ0v) is 10.4. The summed E-state index contributed by atoms with van der Waals surface area (Å²) in [7, 11) is 1.66. The van der Waals surface area contributed by atoms with Gasteiger partial charge in [-0.15, -0.1) is 11.6 Å². The van der Waals surface area contributed by atoms with Crippen LogP contribution in [0.2, 0.25) is 0 Å². The Morgan fingerprint density at radius 2 is 2.29 bits per heavy atom. The van der Waals surface area contributed by atoms with Crippen LogP contribution in [0.15, 0.2) is 22.7 Å². The number of alkyl halides is 1. The van der Waals surface area contributed by atoms with Crippen molar-refractivity contribution in [3.63, 3.8) is 0 Å². The number of rotatable bonds is 5. The van der Waals surface area contributed by atoms with Crippen LogP contribution < -0.4 is 10.1 Å². The third-order valence-electron chi connectivity index (χ3n) is 1.90. The maximum absolute atomic E-state index is 5.51. The van der Waals surface area contributed by atoms with E-state index in [2.05, 4.69) is 33.4 Å². The standard InChI is InChI=1S/C10H13BrClNO/c1-14-10-3-2-8(6-9(10)11)4-5-13-7-12/h2-3,6,13H,4-5,7H2,1H3. The van der Waals surface area contributed by atoms with Gasteiger partial charge in [0.05, 0.1) is 17.6 Å². The molecule has 0 saturated carbocycles. The van der Waals surface area contributed by atoms with Crippen LogP contribution in [0.3, 0.4) is 0 Å². The molecule has 0 saturated heterocycles. The normalized spacial score (nSPS) is 10.2. The van der Waals surface area contributed by atoms with Crippen LogP contribution in [-0.2, 0) is 6.42 Å². The molecule has 0 aromatic heterocycles. The highest BCUT2D eigenvalue weighted by atomic mass is 79.9. The maximum atomic E-state index is 5.51. The number of ether oxygens (including phenoxy) is 1. The zero-order valence-electron chi connectivity index (χ0n) is 8.02. The van der Waals surface area contributed by atoms with E-state index in [1.165, 1.54) is 5.56 Å². The lowest BCUT2D eigenvalue weighted by Gasteiger charge is -2.06. The molecule has 0 amide bonds. The molecule has 14 heavy (non-hydrogen) atoms. The molecule has 4 heteroatoms. The van der Waals surface area contributed by atoms with Crippen molar-refractivity contribution in [1.82, 2.24) is 5.32 Å². The van der Waals surface area contributed by atoms with E-state index in [0.717, 1.165) is 23.2 Å². The molecular weight excluding hydrogens is 265 g/mol. The maximum Gasteiger partial charge on any atom is 0.133 e. The summed E-state index contributed by atoms with van der Waals surface area (Å²) in [6.45, 7) is 0.891. The lowest BCUT2D eigenvalue weighted by molar-refractivity contribution is 0.412. The monoisotopic (exact) mass is 277 g/mol. The predicted octanol–water partition coefficient (Wildman–Crippen LogP) is 2.79. The molecular formula is C10H13BrClNO. The van der Waals surface area contributed by atoms with Gasteiger partial charge in [-0.3, -0.25) is 0 Å². The summed E-state index contributed by atoms with van der Waals surface area (Å²) in [5.74, 6) is 0.860. The lowest BCUT2D eigenvalue weighted by Crippen LogP contribution is -2.14. The number of halogens is 2. The van der Waals surface area contributed by atoms with Crippen molar-refractivity contribution in [3.8, 4) is 5.75 Å². The largest absolute Gasteiger partial charge is 0.496 e. The van der Waals surface area contributed by atoms with Crippen molar-refractivity contribution in [3.05, 3.63) is 28.2 Å². The Kier molecular flexibility index (Phi) is 5.30. The summed E-state index contributed by atoms with van der Waals surface area (Å²) in [5.41, 5.74) is 1.26. The Bertz CT molecular complexity index is 293. The van der Waals surface area contributed by atoms with E-state index >= 15 is 0 Å². The second-order valence-electron chi connectivity index (χ2n) is 2.85. The third kappa shape index (κ3) is 3.48. The summed E-state index contributed by atoms with van der Waals surface area (Å²) in [5, 5.41) is 3.06. The van der Waals surface area contributed by atoms with Crippen LogP contribution in [0.1, 0.15) is 5.56 Å². The molecule has 2 nitrogen and oxygen atoms in total. The second kappa shape index (κ2) is 6.27. The molecule has 0 aliphatic heterocycles. The van der Waals surface area contributed by atoms with E-state index in [1.807, 2.05) is 6.07 Å². The molecule has 0 unspecified atom stereocenters. The highest BCUT2D eigenvalue weighted by Gasteiger charge is 2.00. The van der Waals surface area contributed by atoms with E-state index < -0.39 is 0 Å². The highest BCUT2D eigenvalue weighted by Crippen LogP contribution is 2.25. The molecule has 0 radical (unpaired) electrons. The quantitative estimate of drug-likeness (QED) is 0.508. The molecule has 0 aliphatic carbocycles. The topological polar surface area (TPSA) is 21.3 Å². The minimum absolute atomic E-state index is 0.497. The summed E-state index contributed by atoms with van der Waals surface area (Å²) in [4.78, 5) is 0. The van der Waals surface area contributed by atoms with Crippen molar-refractivity contribution in [2.45, 2.75) is 6.42 Å². The first-order valence-electron chi connectivity index (χ1n) is 4.37. The summed E-state index contributed by atoms with van der Waals surface area (Å²) in [6.07, 6.45) is 0.968. The van der Waals surface area contributed by atoms with Gasteiger partial charge in [-0.2, -0.15) is 0 Å². The molecule has 0 atom stereocenters. The molecule has 1 rings (SSSR count). The van der Waals surface area contributed by atoms with E-state index in [1.54, 1.807) is 7.11 Å². The highest BCUT2D eigenvalue weighted by molar-refractivity contribution is 9.10. The first kappa shape index (κ1) is 11.8. The molecule has 1 aromatic carbocycles. The van der Waals surface area contributed by atoms with Crippen molar-refractivity contribution >= 4 is 27.5 Å². The molecule has 0 spiro atoms. The fraction of sp³-hybridized carbons (Fsp3) is 0.400. The molecule has 0 aliphatic rings. The summed E-state index contributed by atoms with van der Waals surface area (Å²) >= 11 is 8.95. The van der Waals surface area contributed by atoms with Gasteiger partial charge in [-0.25, -0.2) is 0 Å². The Hall–Kier alpha value is -0.250. The minimum Gasteiger partial charge on any atom is -0.496 e. The summed E-state index contributed by atoms with van der Waals surface area (Å²) < 4.78 is 6.13. The molecule has 1 aromatic rings. The number of hydrogen-bond donors (Lipinski definition) is 1. The zero-order chi connectivity index (χ0) is 10.4. The molecule has 0 heterocycles. The van der Waals surface area contributed by atoms with Crippen LogP contribution in [0.5, 0.6) is 5.75 Å². The average Bonchev–Trinajstić information content (AvgIpc) is 2.18. The summed E-state index contributed by atoms with van der Waals surface area (Å²) in [6, 6.07) is 6.58. The van der Waals surface area contributed by atoms with Gasteiger partial charge < -0.3 is 10.1 Å². The molecule has 1 N–H and O–H groups in total. The van der Waals surface area contributed by atoms with Gasteiger partial charge in [-0.05, 0) is 40.0 Å². The van der Waals surface area contributed by atoms with Crippen LogP contribution in [0, 0.1) is 0 Å². The smallest absolute Gasteiger partial charge is 0.133 e. The number of nitrogens with one attached hydrogen (secondary N) is 1. The second-order valence-corrected chi connectivity index (χ2v) is 3.97. The van der Waals surface area contributed by atoms with Crippen LogP contribution in [0.4, 0.5) is 0 Å². The Balaban J connectivity index is 2.57. The van der Waals surface area contributed by atoms with Gasteiger partial charge in [0.2, 0.25) is 0 Å². The lowest BCUT2D eigenvalue weighted by atomic mass is 10.1. The van der Waals surface area contributed by atoms with Crippen molar-refractivity contribution in [2.75, 3.05) is 19.7 Å². The first-order valence-corrected chi connectivity index (χ1v) is 5.69. The fourth-order valence-corrected chi connectivity index (χ4v) is 1.89. The van der Waals surface area contributed by atoms with Crippen LogP contribution in [0.25, 0.3) is 0 Å². The van der Waals surface area contributed by atoms with Crippen LogP contribution >= 0.6 is 27.5 Å². The minimum atomic E-state index is 0.497. The predicted molar refractivity (Wildman–Crippen MR) is 63.1 cm³/mol. The van der Waals surface area contributed by atoms with Crippen LogP contribution in [-0.4, -0.2) is 19.7 Å². The third-order valence-corrected chi connectivity index (χ3v) is 2.71. The fourth-order valence-electron chi connectivity index (χ4n) is 1.16. The van der Waals surface area contributed by atoms with E-state index in [9.17, 15) is 0 Å². The number of benzene rings is 1. The van der Waals surface area contributed by atoms with E-state index in [4.69, 9.17) is 16.3 Å². The van der Waals surface area contributed by atoms with Gasteiger partial charge >= 0.3 is 0 Å². The molecule has 0 bridgehead atoms. The van der Waals surface area contributed by atoms with Gasteiger partial charge in [0, 0.05) is 6.54 Å². The van der Waals surface area contributed by atoms with Crippen molar-refractivity contribution in [1.29, 1.82) is 0 Å². The number of methoxy groups -OCH3 is 1. The van der Waals surface area contributed by atoms with E-state index in [0.29, 0.717) is 6.00 Å². The number of hydrogen-bond acceptors (Lipinski definition) is 2. The first-order chi connectivity index (χ1) is 6.77. The molecule has 0 fully saturated rings. The van der Waals surface area contributed by atoms with Gasteiger partial charge in [-0.1, -0.05) is 6.07 Å². The SMILES string of the molecule is COc1ccc(CCNCCl)cc1Br. The van der Waals surface area contributed by atoms with Crippen molar-refractivity contribution < 1.29 is 4.74 Å². The van der Waals surface area contributed by atoms with Crippen molar-refractivity contribution in [2.24, 2.45) is 0 Å². The van der Waals surface area contributed by atoms with Gasteiger partial charge in [0.25, 0.3) is 0 Å². The average molecular weight is 279 g/mol. The Morgan fingerprint density at radius 3 is 2.86 bits per heavy atom. The van der Waals surface area contributed by atoms with Gasteiger partial charge in [0.1, 0.15) is 5.75 Å². The Labute approximate surface area is 97.7 Å². The molecule has 78 valence electrons. The van der Waals surface area contributed by atoms with Gasteiger partial charge in [0.15, 0.2) is 0 Å².